The van der Waals surface area contributed by atoms with Gasteiger partial charge in [-0.1, -0.05) is 12.1 Å². The number of ether oxygens (including phenoxy) is 1. The molecule has 1 amide bonds. The van der Waals surface area contributed by atoms with Crippen LogP contribution in [0.1, 0.15) is 0 Å². The number of para-hydroxylation sites is 2. The maximum atomic E-state index is 12.0. The zero-order valence-corrected chi connectivity index (χ0v) is 8.51. The second kappa shape index (κ2) is 5.55. The molecule has 0 aliphatic heterocycles. The second-order valence-electron chi connectivity index (χ2n) is 2.58. The third-order valence-corrected chi connectivity index (χ3v) is 1.81. The van der Waals surface area contributed by atoms with Crippen molar-refractivity contribution in [3.05, 3.63) is 24.3 Å². The normalized spacial score (nSPS) is 10.1. The molecule has 1 aromatic carbocycles. The van der Waals surface area contributed by atoms with E-state index in [0.717, 1.165) is 0 Å². The largest absolute Gasteiger partial charge is 0.433 e. The van der Waals surface area contributed by atoms with Gasteiger partial charge < -0.3 is 10.1 Å². The molecular weight excluding hydrogens is 224 g/mol. The van der Waals surface area contributed by atoms with Crippen LogP contribution in [0.3, 0.4) is 0 Å². The lowest BCUT2D eigenvalue weighted by molar-refractivity contribution is -0.113. The van der Waals surface area contributed by atoms with Crippen LogP contribution in [-0.2, 0) is 4.79 Å². The molecule has 0 fully saturated rings. The Labute approximate surface area is 90.8 Å². The van der Waals surface area contributed by atoms with Crippen LogP contribution in [0.25, 0.3) is 0 Å². The lowest BCUT2D eigenvalue weighted by atomic mass is 10.3. The minimum Gasteiger partial charge on any atom is -0.433 e. The molecule has 0 saturated heterocycles. The Morgan fingerprint density at radius 2 is 2.13 bits per heavy atom. The molecule has 0 atom stereocenters. The Morgan fingerprint density at radius 1 is 1.47 bits per heavy atom. The zero-order chi connectivity index (χ0) is 11.3. The average Bonchev–Trinajstić information content (AvgIpc) is 2.20. The molecule has 6 heteroatoms. The Kier molecular flexibility index (Phi) is 4.36. The number of alkyl halides is 2. The maximum Gasteiger partial charge on any atom is 0.387 e. The number of nitrogens with one attached hydrogen (secondary N) is 1. The van der Waals surface area contributed by atoms with Crippen LogP contribution in [0.2, 0.25) is 0 Å². The molecule has 1 N–H and O–H groups in total. The number of hydrogen-bond donors (Lipinski definition) is 2. The Morgan fingerprint density at radius 3 is 2.73 bits per heavy atom. The molecule has 0 saturated carbocycles. The monoisotopic (exact) mass is 233 g/mol. The van der Waals surface area contributed by atoms with Crippen molar-refractivity contribution >= 4 is 24.2 Å². The van der Waals surface area contributed by atoms with Crippen LogP contribution < -0.4 is 10.1 Å². The number of amides is 1. The predicted molar refractivity (Wildman–Crippen MR) is 55.6 cm³/mol. The van der Waals surface area contributed by atoms with Crippen molar-refractivity contribution in [2.45, 2.75) is 6.61 Å². The summed E-state index contributed by atoms with van der Waals surface area (Å²) in [5, 5.41) is 2.39. The summed E-state index contributed by atoms with van der Waals surface area (Å²) in [4.78, 5) is 11.0. The van der Waals surface area contributed by atoms with Gasteiger partial charge in [0.15, 0.2) is 0 Å². The van der Waals surface area contributed by atoms with Crippen molar-refractivity contribution < 1.29 is 18.3 Å². The van der Waals surface area contributed by atoms with Gasteiger partial charge in [-0.3, -0.25) is 4.79 Å². The fourth-order valence-electron chi connectivity index (χ4n) is 0.958. The summed E-state index contributed by atoms with van der Waals surface area (Å²) in [7, 11) is 0. The van der Waals surface area contributed by atoms with E-state index in [-0.39, 0.29) is 23.1 Å². The standard InChI is InChI=1S/C9H9F2NO2S/c10-9(11)14-7-4-2-1-3-6(7)12-8(13)5-15/h1-4,9,15H,5H2,(H,12,13). The summed E-state index contributed by atoms with van der Waals surface area (Å²) >= 11 is 3.75. The average molecular weight is 233 g/mol. The first-order chi connectivity index (χ1) is 7.13. The molecule has 0 unspecified atom stereocenters. The number of carbonyl (C=O) groups excluding carboxylic acids is 1. The van der Waals surface area contributed by atoms with Gasteiger partial charge in [-0.25, -0.2) is 0 Å². The molecular formula is C9H9F2NO2S. The van der Waals surface area contributed by atoms with Crippen LogP contribution in [-0.4, -0.2) is 18.3 Å². The lowest BCUT2D eigenvalue weighted by Crippen LogP contribution is -2.14. The SMILES string of the molecule is O=C(CS)Nc1ccccc1OC(F)F. The van der Waals surface area contributed by atoms with E-state index in [2.05, 4.69) is 22.7 Å². The number of halogens is 2. The van der Waals surface area contributed by atoms with Gasteiger partial charge >= 0.3 is 6.61 Å². The fourth-order valence-corrected chi connectivity index (χ4v) is 1.04. The zero-order valence-electron chi connectivity index (χ0n) is 7.61. The van der Waals surface area contributed by atoms with Gasteiger partial charge in [0.25, 0.3) is 0 Å². The Hall–Kier alpha value is -1.30. The summed E-state index contributed by atoms with van der Waals surface area (Å²) in [5.41, 5.74) is 0.205. The van der Waals surface area contributed by atoms with Crippen LogP contribution in [0.5, 0.6) is 5.75 Å². The van der Waals surface area contributed by atoms with E-state index in [0.29, 0.717) is 0 Å². The predicted octanol–water partition coefficient (Wildman–Crippen LogP) is 2.16. The van der Waals surface area contributed by atoms with E-state index >= 15 is 0 Å². The van der Waals surface area contributed by atoms with Crippen molar-refractivity contribution in [1.29, 1.82) is 0 Å². The molecule has 15 heavy (non-hydrogen) atoms. The quantitative estimate of drug-likeness (QED) is 0.782. The van der Waals surface area contributed by atoms with Crippen molar-refractivity contribution in [2.75, 3.05) is 11.1 Å². The smallest absolute Gasteiger partial charge is 0.387 e. The molecule has 0 aliphatic carbocycles. The Balaban J connectivity index is 2.81. The first-order valence-corrected chi connectivity index (χ1v) is 4.71. The molecule has 1 aromatic rings. The molecule has 0 spiro atoms. The molecule has 0 heterocycles. The lowest BCUT2D eigenvalue weighted by Gasteiger charge is -2.10. The van der Waals surface area contributed by atoms with Crippen LogP contribution in [0, 0.1) is 0 Å². The summed E-state index contributed by atoms with van der Waals surface area (Å²) < 4.78 is 28.2. The summed E-state index contributed by atoms with van der Waals surface area (Å²) in [6.45, 7) is -2.92. The topological polar surface area (TPSA) is 38.3 Å². The maximum absolute atomic E-state index is 12.0. The van der Waals surface area contributed by atoms with Gasteiger partial charge in [0.2, 0.25) is 5.91 Å². The number of anilines is 1. The number of carbonyl (C=O) groups is 1. The number of thiol groups is 1. The van der Waals surface area contributed by atoms with Crippen LogP contribution in [0.4, 0.5) is 14.5 Å². The van der Waals surface area contributed by atoms with E-state index in [1.54, 1.807) is 6.07 Å². The minimum atomic E-state index is -2.92. The number of benzene rings is 1. The fraction of sp³-hybridized carbons (Fsp3) is 0.222. The molecule has 0 radical (unpaired) electrons. The highest BCUT2D eigenvalue weighted by Crippen LogP contribution is 2.25. The second-order valence-corrected chi connectivity index (χ2v) is 2.90. The molecule has 82 valence electrons. The third kappa shape index (κ3) is 3.75. The van der Waals surface area contributed by atoms with Crippen LogP contribution in [0.15, 0.2) is 24.3 Å². The minimum absolute atomic E-state index is 0.0248. The van der Waals surface area contributed by atoms with Gasteiger partial charge in [0.1, 0.15) is 5.75 Å². The first kappa shape index (κ1) is 11.8. The van der Waals surface area contributed by atoms with Gasteiger partial charge in [0.05, 0.1) is 11.4 Å². The number of hydrogen-bond acceptors (Lipinski definition) is 3. The highest BCUT2D eigenvalue weighted by molar-refractivity contribution is 7.81. The summed E-state index contributed by atoms with van der Waals surface area (Å²) in [5.74, 6) is -0.477. The van der Waals surface area contributed by atoms with E-state index in [1.165, 1.54) is 18.2 Å². The summed E-state index contributed by atoms with van der Waals surface area (Å²) in [6, 6.07) is 5.96. The summed E-state index contributed by atoms with van der Waals surface area (Å²) in [6.07, 6.45) is 0. The molecule has 0 aliphatic rings. The molecule has 1 rings (SSSR count). The van der Waals surface area contributed by atoms with Gasteiger partial charge in [-0.15, -0.1) is 0 Å². The van der Waals surface area contributed by atoms with Gasteiger partial charge in [-0.2, -0.15) is 21.4 Å². The number of rotatable bonds is 4. The van der Waals surface area contributed by atoms with E-state index < -0.39 is 6.61 Å². The van der Waals surface area contributed by atoms with Crippen molar-refractivity contribution in [3.63, 3.8) is 0 Å². The highest BCUT2D eigenvalue weighted by atomic mass is 32.1. The van der Waals surface area contributed by atoms with E-state index in [1.807, 2.05) is 0 Å². The molecule has 0 bridgehead atoms. The molecule has 0 aromatic heterocycles. The first-order valence-electron chi connectivity index (χ1n) is 4.08. The van der Waals surface area contributed by atoms with Gasteiger partial charge in [-0.05, 0) is 12.1 Å². The van der Waals surface area contributed by atoms with Gasteiger partial charge in [0, 0.05) is 0 Å². The highest BCUT2D eigenvalue weighted by Gasteiger charge is 2.10. The van der Waals surface area contributed by atoms with Crippen molar-refractivity contribution in [3.8, 4) is 5.75 Å². The van der Waals surface area contributed by atoms with Crippen molar-refractivity contribution in [2.24, 2.45) is 0 Å². The van der Waals surface area contributed by atoms with E-state index in [4.69, 9.17) is 0 Å². The van der Waals surface area contributed by atoms with Crippen LogP contribution >= 0.6 is 12.6 Å². The molecule has 3 nitrogen and oxygen atoms in total. The van der Waals surface area contributed by atoms with Crippen molar-refractivity contribution in [1.82, 2.24) is 0 Å². The third-order valence-electron chi connectivity index (χ3n) is 1.52. The Bertz CT molecular complexity index is 347. The van der Waals surface area contributed by atoms with E-state index in [9.17, 15) is 13.6 Å².